The summed E-state index contributed by atoms with van der Waals surface area (Å²) in [5.41, 5.74) is 1.06. The molecule has 9 heteroatoms. The summed E-state index contributed by atoms with van der Waals surface area (Å²) in [6, 6.07) is 9.67. The lowest BCUT2D eigenvalue weighted by Crippen LogP contribution is -2.30. The van der Waals surface area contributed by atoms with Gasteiger partial charge >= 0.3 is 0 Å². The highest BCUT2D eigenvalue weighted by molar-refractivity contribution is 7.13. The van der Waals surface area contributed by atoms with Crippen molar-refractivity contribution in [2.24, 2.45) is 0 Å². The van der Waals surface area contributed by atoms with Crippen LogP contribution in [0.15, 0.2) is 35.7 Å². The Morgan fingerprint density at radius 1 is 1.18 bits per heavy atom. The molecule has 0 aliphatic heterocycles. The second-order valence-corrected chi connectivity index (χ2v) is 6.82. The minimum atomic E-state index is -0.161. The number of amides is 1. The molecule has 0 spiro atoms. The van der Waals surface area contributed by atoms with Crippen LogP contribution in [0, 0.1) is 0 Å². The summed E-state index contributed by atoms with van der Waals surface area (Å²) in [7, 11) is 0. The fourth-order valence-electron chi connectivity index (χ4n) is 2.60. The van der Waals surface area contributed by atoms with Crippen LogP contribution in [0.3, 0.4) is 0 Å². The molecule has 0 bridgehead atoms. The molecular weight excluding hydrogens is 378 g/mol. The van der Waals surface area contributed by atoms with Crippen LogP contribution < -0.4 is 14.8 Å². The third kappa shape index (κ3) is 5.29. The van der Waals surface area contributed by atoms with E-state index in [2.05, 4.69) is 20.7 Å². The number of carbonyl (C=O) groups is 1. The van der Waals surface area contributed by atoms with E-state index in [1.165, 1.54) is 16.1 Å². The quantitative estimate of drug-likeness (QED) is 0.561. The zero-order valence-corrected chi connectivity index (χ0v) is 16.7. The molecule has 0 aliphatic carbocycles. The molecule has 3 rings (SSSR count). The van der Waals surface area contributed by atoms with Gasteiger partial charge in [0.15, 0.2) is 11.5 Å². The molecule has 3 aromatic rings. The highest BCUT2D eigenvalue weighted by Crippen LogP contribution is 2.28. The third-order valence-corrected chi connectivity index (χ3v) is 4.69. The van der Waals surface area contributed by atoms with Crippen molar-refractivity contribution in [2.75, 3.05) is 19.8 Å². The van der Waals surface area contributed by atoms with Crippen molar-refractivity contribution in [1.82, 2.24) is 25.5 Å². The summed E-state index contributed by atoms with van der Waals surface area (Å²) < 4.78 is 11.2. The Bertz CT molecular complexity index is 895. The zero-order chi connectivity index (χ0) is 19.8. The number of benzene rings is 1. The number of aromatic nitrogens is 4. The average Bonchev–Trinajstić information content (AvgIpc) is 3.36. The lowest BCUT2D eigenvalue weighted by atomic mass is 10.1. The van der Waals surface area contributed by atoms with Crippen molar-refractivity contribution in [1.29, 1.82) is 0 Å². The summed E-state index contributed by atoms with van der Waals surface area (Å²) >= 11 is 1.53. The minimum Gasteiger partial charge on any atom is -0.490 e. The maximum absolute atomic E-state index is 12.1. The van der Waals surface area contributed by atoms with E-state index in [4.69, 9.17) is 9.47 Å². The van der Waals surface area contributed by atoms with Gasteiger partial charge in [0.1, 0.15) is 6.54 Å². The zero-order valence-electron chi connectivity index (χ0n) is 15.9. The first-order valence-corrected chi connectivity index (χ1v) is 10.0. The van der Waals surface area contributed by atoms with E-state index in [-0.39, 0.29) is 12.5 Å². The van der Waals surface area contributed by atoms with E-state index in [0.717, 1.165) is 21.9 Å². The van der Waals surface area contributed by atoms with Crippen LogP contribution in [-0.2, 0) is 17.8 Å². The first-order valence-electron chi connectivity index (χ1n) is 9.16. The van der Waals surface area contributed by atoms with Crippen molar-refractivity contribution < 1.29 is 14.3 Å². The fraction of sp³-hybridized carbons (Fsp3) is 0.368. The average molecular weight is 401 g/mol. The number of hydrogen-bond acceptors (Lipinski definition) is 7. The van der Waals surface area contributed by atoms with Crippen LogP contribution in [0.2, 0.25) is 0 Å². The molecule has 0 atom stereocenters. The first-order chi connectivity index (χ1) is 13.7. The standard InChI is InChI=1S/C19H23N5O3S/c1-3-26-15-8-7-14(12-16(15)27-4-2)9-10-20-18(25)13-24-22-19(21-23-24)17-6-5-11-28-17/h5-8,11-12H,3-4,9-10,13H2,1-2H3,(H,20,25). The molecule has 2 aromatic heterocycles. The maximum atomic E-state index is 12.1. The van der Waals surface area contributed by atoms with Gasteiger partial charge in [-0.2, -0.15) is 4.80 Å². The molecule has 8 nitrogen and oxygen atoms in total. The van der Waals surface area contributed by atoms with Crippen molar-refractivity contribution >= 4 is 17.2 Å². The number of thiophene rings is 1. The van der Waals surface area contributed by atoms with Gasteiger partial charge < -0.3 is 14.8 Å². The molecule has 1 aromatic carbocycles. The van der Waals surface area contributed by atoms with Crippen molar-refractivity contribution in [3.8, 4) is 22.2 Å². The van der Waals surface area contributed by atoms with Gasteiger partial charge in [0.25, 0.3) is 0 Å². The highest BCUT2D eigenvalue weighted by Gasteiger charge is 2.10. The molecule has 1 N–H and O–H groups in total. The van der Waals surface area contributed by atoms with Gasteiger partial charge in [-0.3, -0.25) is 4.79 Å². The Kier molecular flexibility index (Phi) is 6.96. The second kappa shape index (κ2) is 9.84. The monoisotopic (exact) mass is 401 g/mol. The van der Waals surface area contributed by atoms with Crippen LogP contribution in [0.4, 0.5) is 0 Å². The van der Waals surface area contributed by atoms with Crippen LogP contribution in [0.25, 0.3) is 10.7 Å². The molecule has 0 fully saturated rings. The van der Waals surface area contributed by atoms with Crippen molar-refractivity contribution in [3.05, 3.63) is 41.3 Å². The number of tetrazole rings is 1. The Labute approximate surface area is 167 Å². The smallest absolute Gasteiger partial charge is 0.243 e. The van der Waals surface area contributed by atoms with Crippen molar-refractivity contribution in [3.63, 3.8) is 0 Å². The van der Waals surface area contributed by atoms with Crippen LogP contribution in [-0.4, -0.2) is 45.9 Å². The number of nitrogens with one attached hydrogen (secondary N) is 1. The van der Waals surface area contributed by atoms with E-state index in [1.807, 2.05) is 49.6 Å². The Morgan fingerprint density at radius 3 is 2.75 bits per heavy atom. The lowest BCUT2D eigenvalue weighted by Gasteiger charge is -2.12. The molecule has 0 saturated carbocycles. The summed E-state index contributed by atoms with van der Waals surface area (Å²) in [4.78, 5) is 14.3. The largest absolute Gasteiger partial charge is 0.490 e. The molecule has 0 unspecified atom stereocenters. The van der Waals surface area contributed by atoms with Gasteiger partial charge in [0, 0.05) is 6.54 Å². The molecule has 1 amide bonds. The number of hydrogen-bond donors (Lipinski definition) is 1. The van der Waals surface area contributed by atoms with Gasteiger partial charge in [-0.1, -0.05) is 12.1 Å². The predicted octanol–water partition coefficient (Wildman–Crippen LogP) is 2.56. The number of nitrogens with zero attached hydrogens (tertiary/aromatic N) is 4. The molecule has 0 radical (unpaired) electrons. The van der Waals surface area contributed by atoms with E-state index in [1.54, 1.807) is 0 Å². The summed E-state index contributed by atoms with van der Waals surface area (Å²) in [6.45, 7) is 5.56. The van der Waals surface area contributed by atoms with E-state index in [9.17, 15) is 4.79 Å². The second-order valence-electron chi connectivity index (χ2n) is 5.87. The van der Waals surface area contributed by atoms with E-state index >= 15 is 0 Å². The van der Waals surface area contributed by atoms with Gasteiger partial charge in [-0.15, -0.1) is 21.5 Å². The van der Waals surface area contributed by atoms with Gasteiger partial charge in [0.2, 0.25) is 11.7 Å². The Morgan fingerprint density at radius 2 is 2.00 bits per heavy atom. The maximum Gasteiger partial charge on any atom is 0.243 e. The lowest BCUT2D eigenvalue weighted by molar-refractivity contribution is -0.122. The highest BCUT2D eigenvalue weighted by atomic mass is 32.1. The molecule has 2 heterocycles. The summed E-state index contributed by atoms with van der Waals surface area (Å²) in [6.07, 6.45) is 0.684. The predicted molar refractivity (Wildman–Crippen MR) is 107 cm³/mol. The third-order valence-electron chi connectivity index (χ3n) is 3.82. The van der Waals surface area contributed by atoms with E-state index < -0.39 is 0 Å². The number of ether oxygens (including phenoxy) is 2. The van der Waals surface area contributed by atoms with Gasteiger partial charge in [-0.25, -0.2) is 0 Å². The van der Waals surface area contributed by atoms with Gasteiger partial charge in [0.05, 0.1) is 18.1 Å². The van der Waals surface area contributed by atoms with Crippen LogP contribution in [0.1, 0.15) is 19.4 Å². The van der Waals surface area contributed by atoms with Gasteiger partial charge in [-0.05, 0) is 54.6 Å². The first kappa shape index (κ1) is 19.8. The fourth-order valence-corrected chi connectivity index (χ4v) is 3.24. The molecule has 148 valence electrons. The number of rotatable bonds is 10. The van der Waals surface area contributed by atoms with E-state index in [0.29, 0.717) is 32.0 Å². The molecule has 28 heavy (non-hydrogen) atoms. The Balaban J connectivity index is 1.49. The Hall–Kier alpha value is -2.94. The molecule has 0 saturated heterocycles. The van der Waals surface area contributed by atoms with Crippen molar-refractivity contribution in [2.45, 2.75) is 26.8 Å². The summed E-state index contributed by atoms with van der Waals surface area (Å²) in [5.74, 6) is 1.82. The summed E-state index contributed by atoms with van der Waals surface area (Å²) in [5, 5.41) is 17.0. The SMILES string of the molecule is CCOc1ccc(CCNC(=O)Cn2nnc(-c3cccs3)n2)cc1OCC. The van der Waals surface area contributed by atoms with Crippen LogP contribution in [0.5, 0.6) is 11.5 Å². The topological polar surface area (TPSA) is 91.2 Å². The normalized spacial score (nSPS) is 10.6. The molecule has 0 aliphatic rings. The molecular formula is C19H23N5O3S. The van der Waals surface area contributed by atoms with Crippen LogP contribution >= 0.6 is 11.3 Å². The number of carbonyl (C=O) groups excluding carboxylic acids is 1. The minimum absolute atomic E-state index is 0.0336.